The summed E-state index contributed by atoms with van der Waals surface area (Å²) in [5, 5.41) is 3.35. The van der Waals surface area contributed by atoms with E-state index in [2.05, 4.69) is 41.4 Å². The van der Waals surface area contributed by atoms with Crippen molar-refractivity contribution in [3.63, 3.8) is 0 Å². The molecule has 0 bridgehead atoms. The van der Waals surface area contributed by atoms with Gasteiger partial charge in [-0.25, -0.2) is 0 Å². The molecule has 0 aromatic heterocycles. The largest absolute Gasteiger partial charge is 0.335 e. The van der Waals surface area contributed by atoms with Crippen LogP contribution in [0.15, 0.2) is 24.3 Å². The molecule has 3 heteroatoms. The highest BCUT2D eigenvalue weighted by atomic mass is 16.2. The smallest absolute Gasteiger partial charge is 0.226 e. The minimum absolute atomic E-state index is 0.234. The molecule has 3 rings (SSSR count). The third kappa shape index (κ3) is 3.29. The highest BCUT2D eigenvalue weighted by Crippen LogP contribution is 2.33. The Morgan fingerprint density at radius 1 is 1.10 bits per heavy atom. The molecule has 0 radical (unpaired) electrons. The summed E-state index contributed by atoms with van der Waals surface area (Å²) in [5.74, 6) is 0.624. The van der Waals surface area contributed by atoms with E-state index in [9.17, 15) is 4.79 Å². The van der Waals surface area contributed by atoms with Crippen molar-refractivity contribution in [3.8, 4) is 0 Å². The van der Waals surface area contributed by atoms with Crippen molar-refractivity contribution in [3.05, 3.63) is 35.4 Å². The summed E-state index contributed by atoms with van der Waals surface area (Å²) in [6, 6.07) is 9.03. The predicted octanol–water partition coefficient (Wildman–Crippen LogP) is 3.05. The second kappa shape index (κ2) is 6.61. The number of rotatable bonds is 2. The van der Waals surface area contributed by atoms with E-state index >= 15 is 0 Å². The first-order valence-electron chi connectivity index (χ1n) is 8.33. The summed E-state index contributed by atoms with van der Waals surface area (Å²) < 4.78 is 0. The first-order valence-corrected chi connectivity index (χ1v) is 8.33. The summed E-state index contributed by atoms with van der Waals surface area (Å²) in [6.07, 6.45) is 5.49. The zero-order valence-electron chi connectivity index (χ0n) is 13.0. The van der Waals surface area contributed by atoms with E-state index in [4.69, 9.17) is 0 Å². The van der Waals surface area contributed by atoms with Crippen LogP contribution in [-0.4, -0.2) is 30.4 Å². The van der Waals surface area contributed by atoms with E-state index < -0.39 is 0 Å². The van der Waals surface area contributed by atoms with E-state index in [0.717, 1.165) is 45.3 Å². The third-order valence-corrected chi connectivity index (χ3v) is 4.94. The van der Waals surface area contributed by atoms with Crippen molar-refractivity contribution in [1.82, 2.24) is 10.2 Å². The van der Waals surface area contributed by atoms with Gasteiger partial charge in [0.15, 0.2) is 0 Å². The molecule has 1 amide bonds. The van der Waals surface area contributed by atoms with Crippen LogP contribution in [0, 0.1) is 12.8 Å². The third-order valence-electron chi connectivity index (χ3n) is 4.94. The maximum absolute atomic E-state index is 12.9. The van der Waals surface area contributed by atoms with Crippen LogP contribution < -0.4 is 5.32 Å². The van der Waals surface area contributed by atoms with Crippen molar-refractivity contribution in [2.45, 2.75) is 45.1 Å². The summed E-state index contributed by atoms with van der Waals surface area (Å²) in [4.78, 5) is 15.1. The summed E-state index contributed by atoms with van der Waals surface area (Å²) in [5.41, 5.74) is 2.59. The zero-order valence-corrected chi connectivity index (χ0v) is 13.0. The van der Waals surface area contributed by atoms with Crippen LogP contribution in [-0.2, 0) is 4.79 Å². The van der Waals surface area contributed by atoms with E-state index in [0.29, 0.717) is 11.9 Å². The van der Waals surface area contributed by atoms with Gasteiger partial charge in [0.25, 0.3) is 0 Å². The first-order chi connectivity index (χ1) is 10.3. The predicted molar refractivity (Wildman–Crippen MR) is 85.1 cm³/mol. The number of benzene rings is 1. The van der Waals surface area contributed by atoms with Gasteiger partial charge in [-0.1, -0.05) is 29.8 Å². The van der Waals surface area contributed by atoms with E-state index in [-0.39, 0.29) is 5.92 Å². The van der Waals surface area contributed by atoms with Crippen molar-refractivity contribution >= 4 is 5.91 Å². The van der Waals surface area contributed by atoms with Gasteiger partial charge < -0.3 is 10.2 Å². The van der Waals surface area contributed by atoms with E-state index in [1.165, 1.54) is 17.5 Å². The maximum Gasteiger partial charge on any atom is 0.226 e. The highest BCUT2D eigenvalue weighted by Gasteiger charge is 2.32. The zero-order chi connectivity index (χ0) is 14.7. The molecule has 2 aliphatic heterocycles. The molecule has 1 unspecified atom stereocenters. The van der Waals surface area contributed by atoms with Gasteiger partial charge in [0.05, 0.1) is 6.04 Å². The van der Waals surface area contributed by atoms with Crippen LogP contribution in [0.5, 0.6) is 0 Å². The number of carbonyl (C=O) groups excluding carboxylic acids is 1. The number of amides is 1. The van der Waals surface area contributed by atoms with E-state index in [1.54, 1.807) is 0 Å². The Balaban J connectivity index is 1.77. The molecule has 1 aromatic rings. The number of hydrogen-bond donors (Lipinski definition) is 1. The molecule has 0 saturated carbocycles. The molecule has 1 N–H and O–H groups in total. The Labute approximate surface area is 127 Å². The van der Waals surface area contributed by atoms with Gasteiger partial charge in [0.2, 0.25) is 5.91 Å². The average Bonchev–Trinajstić information content (AvgIpc) is 2.56. The van der Waals surface area contributed by atoms with Crippen LogP contribution in [0.2, 0.25) is 0 Å². The second-order valence-corrected chi connectivity index (χ2v) is 6.48. The Bertz CT molecular complexity index is 476. The standard InChI is InChI=1S/C18H26N2O/c1-14-5-7-15(8-6-14)17-4-2-3-13-20(17)18(21)16-9-11-19-12-10-16/h5-8,16-17,19H,2-4,9-13H2,1H3. The van der Waals surface area contributed by atoms with E-state index in [1.807, 2.05) is 0 Å². The van der Waals surface area contributed by atoms with Crippen LogP contribution in [0.3, 0.4) is 0 Å². The van der Waals surface area contributed by atoms with Crippen LogP contribution in [0.1, 0.15) is 49.3 Å². The molecule has 2 saturated heterocycles. The molecular weight excluding hydrogens is 260 g/mol. The van der Waals surface area contributed by atoms with Gasteiger partial charge in [-0.3, -0.25) is 4.79 Å². The lowest BCUT2D eigenvalue weighted by molar-refractivity contribution is -0.140. The fourth-order valence-electron chi connectivity index (χ4n) is 3.63. The van der Waals surface area contributed by atoms with Crippen molar-refractivity contribution < 1.29 is 4.79 Å². The van der Waals surface area contributed by atoms with Gasteiger partial charge in [0, 0.05) is 12.5 Å². The molecule has 2 aliphatic rings. The quantitative estimate of drug-likeness (QED) is 0.906. The highest BCUT2D eigenvalue weighted by molar-refractivity contribution is 5.79. The number of nitrogens with one attached hydrogen (secondary N) is 1. The first kappa shape index (κ1) is 14.6. The van der Waals surface area contributed by atoms with Crippen LogP contribution in [0.4, 0.5) is 0 Å². The Morgan fingerprint density at radius 2 is 1.81 bits per heavy atom. The van der Waals surface area contributed by atoms with Crippen molar-refractivity contribution in [2.24, 2.45) is 5.92 Å². The van der Waals surface area contributed by atoms with Crippen molar-refractivity contribution in [2.75, 3.05) is 19.6 Å². The lowest BCUT2D eigenvalue weighted by Crippen LogP contribution is -2.44. The molecular formula is C18H26N2O. The topological polar surface area (TPSA) is 32.3 Å². The second-order valence-electron chi connectivity index (χ2n) is 6.48. The Kier molecular flexibility index (Phi) is 4.59. The fourth-order valence-corrected chi connectivity index (χ4v) is 3.63. The SMILES string of the molecule is Cc1ccc(C2CCCCN2C(=O)C2CCNCC2)cc1. The van der Waals surface area contributed by atoms with Gasteiger partial charge in [-0.2, -0.15) is 0 Å². The molecule has 2 fully saturated rings. The van der Waals surface area contributed by atoms with Gasteiger partial charge in [0.1, 0.15) is 0 Å². The number of nitrogens with zero attached hydrogens (tertiary/aromatic N) is 1. The normalized spacial score (nSPS) is 24.0. The summed E-state index contributed by atoms with van der Waals surface area (Å²) in [6.45, 7) is 5.02. The number of piperidine rings is 2. The summed E-state index contributed by atoms with van der Waals surface area (Å²) in [7, 11) is 0. The minimum Gasteiger partial charge on any atom is -0.335 e. The Morgan fingerprint density at radius 3 is 2.52 bits per heavy atom. The van der Waals surface area contributed by atoms with Gasteiger partial charge in [-0.15, -0.1) is 0 Å². The minimum atomic E-state index is 0.234. The molecule has 0 spiro atoms. The average molecular weight is 286 g/mol. The van der Waals surface area contributed by atoms with Crippen molar-refractivity contribution in [1.29, 1.82) is 0 Å². The summed E-state index contributed by atoms with van der Waals surface area (Å²) >= 11 is 0. The molecule has 3 nitrogen and oxygen atoms in total. The fraction of sp³-hybridized carbons (Fsp3) is 0.611. The number of likely N-dealkylation sites (tertiary alicyclic amines) is 1. The van der Waals surface area contributed by atoms with Crippen LogP contribution in [0.25, 0.3) is 0 Å². The molecule has 114 valence electrons. The van der Waals surface area contributed by atoms with Crippen LogP contribution >= 0.6 is 0 Å². The van der Waals surface area contributed by atoms with Gasteiger partial charge >= 0.3 is 0 Å². The molecule has 2 heterocycles. The maximum atomic E-state index is 12.9. The number of aryl methyl sites for hydroxylation is 1. The molecule has 1 atom stereocenters. The number of hydrogen-bond acceptors (Lipinski definition) is 2. The molecule has 1 aromatic carbocycles. The lowest BCUT2D eigenvalue weighted by Gasteiger charge is -2.39. The number of carbonyl (C=O) groups is 1. The van der Waals surface area contributed by atoms with Gasteiger partial charge in [-0.05, 0) is 57.7 Å². The molecule has 0 aliphatic carbocycles. The Hall–Kier alpha value is -1.35. The lowest BCUT2D eigenvalue weighted by atomic mass is 9.90. The molecule has 21 heavy (non-hydrogen) atoms. The monoisotopic (exact) mass is 286 g/mol.